The molecule has 0 aliphatic heterocycles. The Morgan fingerprint density at radius 3 is 2.55 bits per heavy atom. The number of nitrogens with zero attached hydrogens (tertiary/aromatic N) is 3. The first-order valence-corrected chi connectivity index (χ1v) is 10.4. The Bertz CT molecular complexity index is 1210. The number of anilines is 1. The van der Waals surface area contributed by atoms with Crippen molar-refractivity contribution in [2.45, 2.75) is 0 Å². The molecule has 0 aliphatic carbocycles. The van der Waals surface area contributed by atoms with Crippen LogP contribution in [0, 0.1) is 5.82 Å². The van der Waals surface area contributed by atoms with Gasteiger partial charge in [-0.15, -0.1) is 0 Å². The summed E-state index contributed by atoms with van der Waals surface area (Å²) >= 11 is 10.5. The number of carbonyl (C=O) groups excluding carboxylic acids is 1. The van der Waals surface area contributed by atoms with Gasteiger partial charge in [0, 0.05) is 15.1 Å². The first kappa shape index (κ1) is 19.7. The molecule has 0 saturated carbocycles. The Balaban J connectivity index is 1.75. The average molecular weight is 489 g/mol. The summed E-state index contributed by atoms with van der Waals surface area (Å²) in [6, 6.07) is 18.3. The molecular formula is C21H12BrClFN3OS. The number of hydrogen-bond donors (Lipinski definition) is 0. The molecule has 0 radical (unpaired) electrons. The molecule has 0 fully saturated rings. The fourth-order valence-corrected chi connectivity index (χ4v) is 3.89. The Morgan fingerprint density at radius 2 is 1.83 bits per heavy atom. The fraction of sp³-hybridized carbons (Fsp3) is 0. The minimum Gasteiger partial charge on any atom is -0.267 e. The van der Waals surface area contributed by atoms with Crippen molar-refractivity contribution in [3.63, 3.8) is 0 Å². The van der Waals surface area contributed by atoms with Crippen LogP contribution in [0.15, 0.2) is 76.3 Å². The van der Waals surface area contributed by atoms with Gasteiger partial charge in [-0.2, -0.15) is 10.1 Å². The predicted molar refractivity (Wildman–Crippen MR) is 120 cm³/mol. The van der Waals surface area contributed by atoms with Crippen LogP contribution in [0.1, 0.15) is 15.9 Å². The van der Waals surface area contributed by atoms with E-state index in [-0.39, 0.29) is 11.7 Å². The summed E-state index contributed by atoms with van der Waals surface area (Å²) in [5.74, 6) is -0.726. The smallest absolute Gasteiger partial charge is 0.267 e. The normalized spacial score (nSPS) is 11.3. The zero-order valence-corrected chi connectivity index (χ0v) is 17.9. The van der Waals surface area contributed by atoms with Crippen molar-refractivity contribution in [1.82, 2.24) is 4.98 Å². The van der Waals surface area contributed by atoms with Crippen LogP contribution in [-0.4, -0.2) is 17.1 Å². The molecule has 8 heteroatoms. The number of carbonyl (C=O) groups is 1. The zero-order chi connectivity index (χ0) is 20.4. The Hall–Kier alpha value is -2.61. The van der Waals surface area contributed by atoms with E-state index in [0.29, 0.717) is 25.9 Å². The van der Waals surface area contributed by atoms with Crippen LogP contribution in [0.4, 0.5) is 9.52 Å². The van der Waals surface area contributed by atoms with Gasteiger partial charge in [-0.1, -0.05) is 51.0 Å². The quantitative estimate of drug-likeness (QED) is 0.242. The maximum atomic E-state index is 13.6. The molecule has 1 aromatic heterocycles. The first-order chi connectivity index (χ1) is 14.0. The third-order valence-electron chi connectivity index (χ3n) is 4.00. The highest BCUT2D eigenvalue weighted by Crippen LogP contribution is 2.30. The molecule has 144 valence electrons. The van der Waals surface area contributed by atoms with Crippen molar-refractivity contribution in [2.75, 3.05) is 5.01 Å². The highest BCUT2D eigenvalue weighted by atomic mass is 79.9. The van der Waals surface area contributed by atoms with Gasteiger partial charge in [0.25, 0.3) is 5.91 Å². The Kier molecular flexibility index (Phi) is 5.71. The van der Waals surface area contributed by atoms with Crippen LogP contribution < -0.4 is 5.01 Å². The molecule has 1 heterocycles. The summed E-state index contributed by atoms with van der Waals surface area (Å²) in [6.45, 7) is 0. The molecule has 0 N–H and O–H groups in total. The number of thiazole rings is 1. The van der Waals surface area contributed by atoms with Gasteiger partial charge in [0.2, 0.25) is 5.13 Å². The summed E-state index contributed by atoms with van der Waals surface area (Å²) in [5, 5.41) is 6.47. The topological polar surface area (TPSA) is 45.6 Å². The van der Waals surface area contributed by atoms with Crippen LogP contribution in [0.2, 0.25) is 5.02 Å². The second-order valence-electron chi connectivity index (χ2n) is 6.03. The average Bonchev–Trinajstić information content (AvgIpc) is 3.12. The van der Waals surface area contributed by atoms with Gasteiger partial charge in [-0.25, -0.2) is 9.37 Å². The van der Waals surface area contributed by atoms with E-state index in [9.17, 15) is 9.18 Å². The van der Waals surface area contributed by atoms with Crippen molar-refractivity contribution in [2.24, 2.45) is 5.10 Å². The SMILES string of the molecule is O=C(c1ccc(Cl)cc1)N(/N=C/c1ccc(Br)cc1)c1nc2ccc(F)cc2s1. The molecule has 4 aromatic rings. The number of hydrazone groups is 1. The fourth-order valence-electron chi connectivity index (χ4n) is 2.55. The first-order valence-electron chi connectivity index (χ1n) is 8.45. The number of rotatable bonds is 4. The van der Waals surface area contributed by atoms with Gasteiger partial charge in [0.1, 0.15) is 5.82 Å². The lowest BCUT2D eigenvalue weighted by atomic mass is 10.2. The van der Waals surface area contributed by atoms with Crippen molar-refractivity contribution in [3.05, 3.63) is 93.2 Å². The van der Waals surface area contributed by atoms with Crippen molar-refractivity contribution in [3.8, 4) is 0 Å². The molecule has 0 saturated heterocycles. The molecule has 4 rings (SSSR count). The van der Waals surface area contributed by atoms with E-state index in [1.807, 2.05) is 24.3 Å². The molecular weight excluding hydrogens is 477 g/mol. The summed E-state index contributed by atoms with van der Waals surface area (Å²) < 4.78 is 15.1. The summed E-state index contributed by atoms with van der Waals surface area (Å²) in [4.78, 5) is 17.6. The van der Waals surface area contributed by atoms with Gasteiger partial charge in [-0.3, -0.25) is 4.79 Å². The summed E-state index contributed by atoms with van der Waals surface area (Å²) in [5.41, 5.74) is 1.82. The van der Waals surface area contributed by atoms with Gasteiger partial charge < -0.3 is 0 Å². The maximum absolute atomic E-state index is 13.6. The van der Waals surface area contributed by atoms with E-state index in [1.165, 1.54) is 28.5 Å². The van der Waals surface area contributed by atoms with E-state index in [2.05, 4.69) is 26.0 Å². The zero-order valence-electron chi connectivity index (χ0n) is 14.7. The third kappa shape index (κ3) is 4.53. The molecule has 4 nitrogen and oxygen atoms in total. The molecule has 0 spiro atoms. The van der Waals surface area contributed by atoms with Crippen LogP contribution in [0.3, 0.4) is 0 Å². The Labute approximate surface area is 183 Å². The lowest BCUT2D eigenvalue weighted by molar-refractivity contribution is 0.0988. The minimum absolute atomic E-state index is 0.346. The monoisotopic (exact) mass is 487 g/mol. The van der Waals surface area contributed by atoms with Crippen molar-refractivity contribution in [1.29, 1.82) is 0 Å². The van der Waals surface area contributed by atoms with Gasteiger partial charge >= 0.3 is 0 Å². The van der Waals surface area contributed by atoms with Gasteiger partial charge in [0.15, 0.2) is 0 Å². The molecule has 1 amide bonds. The second-order valence-corrected chi connectivity index (χ2v) is 8.39. The van der Waals surface area contributed by atoms with Gasteiger partial charge in [0.05, 0.1) is 16.4 Å². The number of benzene rings is 3. The van der Waals surface area contributed by atoms with E-state index < -0.39 is 0 Å². The molecule has 0 aliphatic rings. The predicted octanol–water partition coefficient (Wildman–Crippen LogP) is 6.53. The van der Waals surface area contributed by atoms with E-state index in [4.69, 9.17) is 11.6 Å². The van der Waals surface area contributed by atoms with Crippen LogP contribution in [0.25, 0.3) is 10.2 Å². The van der Waals surface area contributed by atoms with E-state index in [1.54, 1.807) is 36.5 Å². The standard InChI is InChI=1S/C21H12BrClFN3OS/c22-15-5-1-13(2-6-15)12-25-27(20(28)14-3-7-16(23)8-4-14)21-26-18-10-9-17(24)11-19(18)29-21/h1-12H/b25-12+. The molecule has 3 aromatic carbocycles. The molecule has 29 heavy (non-hydrogen) atoms. The summed E-state index contributed by atoms with van der Waals surface area (Å²) in [6.07, 6.45) is 1.58. The lowest BCUT2D eigenvalue weighted by Crippen LogP contribution is -2.25. The van der Waals surface area contributed by atoms with Crippen LogP contribution in [0.5, 0.6) is 0 Å². The number of halogens is 3. The summed E-state index contributed by atoms with van der Waals surface area (Å²) in [7, 11) is 0. The second kappa shape index (κ2) is 8.41. The van der Waals surface area contributed by atoms with E-state index >= 15 is 0 Å². The highest BCUT2D eigenvalue weighted by molar-refractivity contribution is 9.10. The molecule has 0 unspecified atom stereocenters. The van der Waals surface area contributed by atoms with Crippen LogP contribution in [-0.2, 0) is 0 Å². The number of amides is 1. The van der Waals surface area contributed by atoms with Gasteiger partial charge in [-0.05, 0) is 60.2 Å². The number of hydrogen-bond acceptors (Lipinski definition) is 4. The van der Waals surface area contributed by atoms with Crippen molar-refractivity contribution >= 4 is 66.3 Å². The van der Waals surface area contributed by atoms with Crippen molar-refractivity contribution < 1.29 is 9.18 Å². The molecule has 0 bridgehead atoms. The Morgan fingerprint density at radius 1 is 1.10 bits per heavy atom. The molecule has 0 atom stereocenters. The lowest BCUT2D eigenvalue weighted by Gasteiger charge is -2.14. The van der Waals surface area contributed by atoms with Crippen LogP contribution >= 0.6 is 38.9 Å². The third-order valence-corrected chi connectivity index (χ3v) is 5.77. The number of aromatic nitrogens is 1. The maximum Gasteiger partial charge on any atom is 0.280 e. The number of fused-ring (bicyclic) bond motifs is 1. The minimum atomic E-state index is -0.366. The highest BCUT2D eigenvalue weighted by Gasteiger charge is 2.21. The van der Waals surface area contributed by atoms with E-state index in [0.717, 1.165) is 10.0 Å². The largest absolute Gasteiger partial charge is 0.280 e.